The molecule has 1 amide bonds. The number of nitrogens with two attached hydrogens (primary N) is 1. The van der Waals surface area contributed by atoms with E-state index in [0.717, 1.165) is 39.3 Å². The van der Waals surface area contributed by atoms with Gasteiger partial charge in [-0.15, -0.1) is 0 Å². The van der Waals surface area contributed by atoms with Crippen LogP contribution in [0.25, 0.3) is 0 Å². The number of hydrogen-bond acceptors (Lipinski definition) is 5. The van der Waals surface area contributed by atoms with Crippen molar-refractivity contribution in [3.05, 3.63) is 30.3 Å². The molecule has 1 aromatic rings. The number of nitrogens with zero attached hydrogens (tertiary/aromatic N) is 3. The van der Waals surface area contributed by atoms with E-state index in [4.69, 9.17) is 10.5 Å². The van der Waals surface area contributed by atoms with Crippen LogP contribution in [0.15, 0.2) is 30.3 Å². The highest BCUT2D eigenvalue weighted by molar-refractivity contribution is 5.86. The highest BCUT2D eigenvalue weighted by Gasteiger charge is 2.37. The van der Waals surface area contributed by atoms with Crippen LogP contribution in [-0.2, 0) is 9.53 Å². The Bertz CT molecular complexity index is 552. The van der Waals surface area contributed by atoms with Crippen molar-refractivity contribution in [3.8, 4) is 0 Å². The predicted octanol–water partition coefficient (Wildman–Crippen LogP) is 0.775. The highest BCUT2D eigenvalue weighted by Crippen LogP contribution is 2.20. The molecule has 2 fully saturated rings. The Labute approximate surface area is 150 Å². The summed E-state index contributed by atoms with van der Waals surface area (Å²) in [7, 11) is 1.87. The van der Waals surface area contributed by atoms with Gasteiger partial charge in [-0.05, 0) is 25.0 Å². The van der Waals surface area contributed by atoms with E-state index in [-0.39, 0.29) is 5.91 Å². The Morgan fingerprint density at radius 3 is 2.44 bits per heavy atom. The van der Waals surface area contributed by atoms with E-state index in [0.29, 0.717) is 26.1 Å². The molecule has 2 aliphatic rings. The van der Waals surface area contributed by atoms with Crippen molar-refractivity contribution in [2.75, 3.05) is 64.4 Å². The number of ether oxygens (including phenoxy) is 1. The smallest absolute Gasteiger partial charge is 0.242 e. The van der Waals surface area contributed by atoms with Gasteiger partial charge in [-0.1, -0.05) is 18.2 Å². The minimum atomic E-state index is -0.737. The van der Waals surface area contributed by atoms with Gasteiger partial charge < -0.3 is 20.3 Å². The summed E-state index contributed by atoms with van der Waals surface area (Å²) in [6.45, 7) is 6.90. The van der Waals surface area contributed by atoms with Crippen LogP contribution in [0.3, 0.4) is 0 Å². The van der Waals surface area contributed by atoms with E-state index >= 15 is 0 Å². The summed E-state index contributed by atoms with van der Waals surface area (Å²) < 4.78 is 5.33. The summed E-state index contributed by atoms with van der Waals surface area (Å²) in [5.74, 6) is 0.0544. The van der Waals surface area contributed by atoms with Crippen molar-refractivity contribution in [3.63, 3.8) is 0 Å². The van der Waals surface area contributed by atoms with Gasteiger partial charge >= 0.3 is 0 Å². The molecular formula is C19H30N4O2. The van der Waals surface area contributed by atoms with Gasteiger partial charge in [0.25, 0.3) is 0 Å². The van der Waals surface area contributed by atoms with E-state index in [2.05, 4.69) is 40.1 Å². The number of rotatable bonds is 5. The van der Waals surface area contributed by atoms with Gasteiger partial charge in [0, 0.05) is 65.2 Å². The maximum absolute atomic E-state index is 12.6. The third-order valence-electron chi connectivity index (χ3n) is 5.40. The average Bonchev–Trinajstić information content (AvgIpc) is 2.67. The number of carbonyl (C=O) groups is 1. The fraction of sp³-hybridized carbons (Fsp3) is 0.632. The van der Waals surface area contributed by atoms with Crippen molar-refractivity contribution >= 4 is 11.6 Å². The van der Waals surface area contributed by atoms with Crippen LogP contribution in [0.5, 0.6) is 0 Å². The molecular weight excluding hydrogens is 316 g/mol. The second-order valence-corrected chi connectivity index (χ2v) is 7.16. The molecule has 0 bridgehead atoms. The molecule has 0 aliphatic carbocycles. The summed E-state index contributed by atoms with van der Waals surface area (Å²) in [5, 5.41) is 0. The summed E-state index contributed by atoms with van der Waals surface area (Å²) in [6.07, 6.45) is 1.23. The molecule has 0 saturated carbocycles. The van der Waals surface area contributed by atoms with Gasteiger partial charge in [0.1, 0.15) is 0 Å². The monoisotopic (exact) mass is 346 g/mol. The minimum absolute atomic E-state index is 0.0544. The van der Waals surface area contributed by atoms with Crippen LogP contribution in [0, 0.1) is 0 Å². The Hall–Kier alpha value is -1.63. The standard InChI is InChI=1S/C19H30N4O2/c1-21(18(24)19(20)7-15-25-16-8-19)9-10-22-11-13-23(14-12-22)17-5-3-2-4-6-17/h2-6H,7-16,20H2,1H3. The molecule has 138 valence electrons. The molecule has 0 atom stereocenters. The lowest BCUT2D eigenvalue weighted by Gasteiger charge is -2.38. The first kappa shape index (κ1) is 18.2. The molecule has 0 unspecified atom stereocenters. The zero-order valence-electron chi connectivity index (χ0n) is 15.2. The lowest BCUT2D eigenvalue weighted by molar-refractivity contribution is -0.139. The summed E-state index contributed by atoms with van der Waals surface area (Å²) in [4.78, 5) is 19.3. The topological polar surface area (TPSA) is 62.0 Å². The quantitative estimate of drug-likeness (QED) is 0.853. The van der Waals surface area contributed by atoms with Crippen LogP contribution in [-0.4, -0.2) is 80.8 Å². The molecule has 0 spiro atoms. The zero-order valence-corrected chi connectivity index (χ0v) is 15.2. The first-order valence-corrected chi connectivity index (χ1v) is 9.23. The molecule has 1 aromatic carbocycles. The summed E-state index contributed by atoms with van der Waals surface area (Å²) in [5.41, 5.74) is 6.86. The van der Waals surface area contributed by atoms with Gasteiger partial charge in [0.2, 0.25) is 5.91 Å². The van der Waals surface area contributed by atoms with Crippen molar-refractivity contribution in [2.24, 2.45) is 5.73 Å². The van der Waals surface area contributed by atoms with E-state index in [1.807, 2.05) is 7.05 Å². The van der Waals surface area contributed by atoms with Gasteiger partial charge in [0.15, 0.2) is 0 Å². The first-order chi connectivity index (χ1) is 12.1. The second-order valence-electron chi connectivity index (χ2n) is 7.16. The number of piperazine rings is 1. The maximum atomic E-state index is 12.6. The summed E-state index contributed by atoms with van der Waals surface area (Å²) in [6, 6.07) is 10.5. The Morgan fingerprint density at radius 1 is 1.16 bits per heavy atom. The minimum Gasteiger partial charge on any atom is -0.381 e. The van der Waals surface area contributed by atoms with Gasteiger partial charge in [-0.2, -0.15) is 0 Å². The molecule has 6 nitrogen and oxygen atoms in total. The molecule has 2 aliphatic heterocycles. The fourth-order valence-corrected chi connectivity index (χ4v) is 3.59. The lowest BCUT2D eigenvalue weighted by Crippen LogP contribution is -2.58. The van der Waals surface area contributed by atoms with Crippen LogP contribution >= 0.6 is 0 Å². The molecule has 2 heterocycles. The van der Waals surface area contributed by atoms with E-state index in [1.54, 1.807) is 4.90 Å². The van der Waals surface area contributed by atoms with E-state index in [9.17, 15) is 4.79 Å². The predicted molar refractivity (Wildman–Crippen MR) is 99.7 cm³/mol. The fourth-order valence-electron chi connectivity index (χ4n) is 3.59. The number of para-hydroxylation sites is 1. The number of anilines is 1. The van der Waals surface area contributed by atoms with E-state index < -0.39 is 5.54 Å². The molecule has 3 rings (SSSR count). The SMILES string of the molecule is CN(CCN1CCN(c2ccccc2)CC1)C(=O)C1(N)CCOCC1. The largest absolute Gasteiger partial charge is 0.381 e. The highest BCUT2D eigenvalue weighted by atomic mass is 16.5. The second kappa shape index (κ2) is 8.17. The Kier molecular flexibility index (Phi) is 5.93. The van der Waals surface area contributed by atoms with Gasteiger partial charge in [0.05, 0.1) is 5.54 Å². The summed E-state index contributed by atoms with van der Waals surface area (Å²) >= 11 is 0. The van der Waals surface area contributed by atoms with Crippen molar-refractivity contribution in [2.45, 2.75) is 18.4 Å². The molecule has 0 radical (unpaired) electrons. The first-order valence-electron chi connectivity index (χ1n) is 9.23. The third kappa shape index (κ3) is 4.51. The number of likely N-dealkylation sites (N-methyl/N-ethyl adjacent to an activating group) is 1. The maximum Gasteiger partial charge on any atom is 0.242 e. The number of amides is 1. The molecule has 6 heteroatoms. The van der Waals surface area contributed by atoms with Crippen LogP contribution < -0.4 is 10.6 Å². The van der Waals surface area contributed by atoms with Crippen LogP contribution in [0.2, 0.25) is 0 Å². The van der Waals surface area contributed by atoms with E-state index in [1.165, 1.54) is 5.69 Å². The van der Waals surface area contributed by atoms with Crippen LogP contribution in [0.1, 0.15) is 12.8 Å². The average molecular weight is 346 g/mol. The molecule has 25 heavy (non-hydrogen) atoms. The number of hydrogen-bond donors (Lipinski definition) is 1. The third-order valence-corrected chi connectivity index (χ3v) is 5.40. The van der Waals surface area contributed by atoms with Crippen LogP contribution in [0.4, 0.5) is 5.69 Å². The Balaban J connectivity index is 1.42. The van der Waals surface area contributed by atoms with Crippen molar-refractivity contribution in [1.82, 2.24) is 9.80 Å². The lowest BCUT2D eigenvalue weighted by atomic mass is 9.90. The number of benzene rings is 1. The number of carbonyl (C=O) groups excluding carboxylic acids is 1. The normalized spacial score (nSPS) is 21.1. The van der Waals surface area contributed by atoms with Gasteiger partial charge in [-0.25, -0.2) is 0 Å². The zero-order chi connectivity index (χ0) is 17.7. The Morgan fingerprint density at radius 2 is 1.80 bits per heavy atom. The molecule has 2 N–H and O–H groups in total. The van der Waals surface area contributed by atoms with Crippen molar-refractivity contribution < 1.29 is 9.53 Å². The van der Waals surface area contributed by atoms with Gasteiger partial charge in [-0.3, -0.25) is 9.69 Å². The molecule has 0 aromatic heterocycles. The molecule has 2 saturated heterocycles. The van der Waals surface area contributed by atoms with Crippen molar-refractivity contribution in [1.29, 1.82) is 0 Å².